The molecule has 200 valence electrons. The van der Waals surface area contributed by atoms with Crippen LogP contribution in [-0.4, -0.2) is 30.7 Å². The van der Waals surface area contributed by atoms with Crippen LogP contribution in [0.5, 0.6) is 0 Å². The molecule has 0 heterocycles. The zero-order valence-corrected chi connectivity index (χ0v) is 23.9. The number of hydrogen-bond donors (Lipinski definition) is 0. The summed E-state index contributed by atoms with van der Waals surface area (Å²) in [6, 6.07) is 43.5. The maximum Gasteiger partial charge on any atom is 0.108 e. The molecule has 0 aliphatic heterocycles. The lowest BCUT2D eigenvalue weighted by atomic mass is 9.13. The SMILES string of the molecule is CCCCN(CCCC)CCCC.c1ccc([B-](c2ccccc2)(c2ccccc2)c2ccccc2)cc1. The smallest absolute Gasteiger partial charge is 0.108 e. The van der Waals surface area contributed by atoms with Gasteiger partial charge in [-0.3, -0.25) is 0 Å². The average Bonchev–Trinajstić information content (AvgIpc) is 3.00. The molecule has 0 saturated heterocycles. The van der Waals surface area contributed by atoms with E-state index in [1.807, 2.05) is 0 Å². The summed E-state index contributed by atoms with van der Waals surface area (Å²) in [6.45, 7) is 10.8. The van der Waals surface area contributed by atoms with Crippen LogP contribution in [-0.2, 0) is 0 Å². The summed E-state index contributed by atoms with van der Waals surface area (Å²) < 4.78 is 0. The Bertz CT molecular complexity index is 931. The van der Waals surface area contributed by atoms with Gasteiger partial charge >= 0.3 is 0 Å². The first-order valence-corrected chi connectivity index (χ1v) is 14.9. The molecule has 0 bridgehead atoms. The topological polar surface area (TPSA) is 3.24 Å². The Morgan fingerprint density at radius 2 is 0.632 bits per heavy atom. The first-order valence-electron chi connectivity index (χ1n) is 14.9. The second-order valence-corrected chi connectivity index (χ2v) is 10.4. The minimum atomic E-state index is -1.22. The first kappa shape index (κ1) is 29.5. The van der Waals surface area contributed by atoms with Crippen molar-refractivity contribution in [3.05, 3.63) is 121 Å². The van der Waals surface area contributed by atoms with E-state index in [0.29, 0.717) is 0 Å². The van der Waals surface area contributed by atoms with Gasteiger partial charge in [0.2, 0.25) is 0 Å². The van der Waals surface area contributed by atoms with Gasteiger partial charge in [0.1, 0.15) is 6.15 Å². The van der Waals surface area contributed by atoms with Gasteiger partial charge < -0.3 is 4.90 Å². The van der Waals surface area contributed by atoms with Gasteiger partial charge in [0, 0.05) is 0 Å². The predicted octanol–water partition coefficient (Wildman–Crippen LogP) is 6.75. The van der Waals surface area contributed by atoms with Gasteiger partial charge in [-0.1, -0.05) is 161 Å². The third-order valence-electron chi connectivity index (χ3n) is 7.68. The highest BCUT2D eigenvalue weighted by atomic mass is 15.1. The minimum Gasteiger partial charge on any atom is -0.303 e. The highest BCUT2D eigenvalue weighted by Crippen LogP contribution is 2.09. The van der Waals surface area contributed by atoms with Crippen LogP contribution in [0.3, 0.4) is 0 Å². The maximum atomic E-state index is 2.64. The lowest BCUT2D eigenvalue weighted by Gasteiger charge is -2.44. The molecule has 1 nitrogen and oxygen atoms in total. The molecule has 0 saturated carbocycles. The predicted molar refractivity (Wildman–Crippen MR) is 171 cm³/mol. The van der Waals surface area contributed by atoms with E-state index in [1.54, 1.807) is 0 Å². The van der Waals surface area contributed by atoms with E-state index in [-0.39, 0.29) is 0 Å². The summed E-state index contributed by atoms with van der Waals surface area (Å²) in [6.07, 6.45) is 6.87. The van der Waals surface area contributed by atoms with Crippen molar-refractivity contribution in [2.75, 3.05) is 19.6 Å². The lowest BCUT2D eigenvalue weighted by molar-refractivity contribution is 0.261. The Morgan fingerprint density at radius 1 is 0.395 bits per heavy atom. The van der Waals surface area contributed by atoms with Crippen LogP contribution in [0.15, 0.2) is 121 Å². The summed E-state index contributed by atoms with van der Waals surface area (Å²) in [5, 5.41) is 0. The van der Waals surface area contributed by atoms with Crippen molar-refractivity contribution in [3.8, 4) is 0 Å². The Hall–Kier alpha value is -3.10. The fraction of sp³-hybridized carbons (Fsp3) is 0.333. The summed E-state index contributed by atoms with van der Waals surface area (Å²) in [4.78, 5) is 2.64. The second-order valence-electron chi connectivity index (χ2n) is 10.4. The molecule has 0 spiro atoms. The van der Waals surface area contributed by atoms with Crippen molar-refractivity contribution in [2.24, 2.45) is 0 Å². The van der Waals surface area contributed by atoms with E-state index in [0.717, 1.165) is 0 Å². The molecule has 0 atom stereocenters. The van der Waals surface area contributed by atoms with E-state index in [9.17, 15) is 0 Å². The molecule has 0 aliphatic carbocycles. The monoisotopic (exact) mass is 504 g/mol. The van der Waals surface area contributed by atoms with E-state index >= 15 is 0 Å². The Balaban J connectivity index is 0.000000263. The molecule has 0 fully saturated rings. The van der Waals surface area contributed by atoms with Gasteiger partial charge in [0.15, 0.2) is 0 Å². The lowest BCUT2D eigenvalue weighted by Crippen LogP contribution is -2.74. The largest absolute Gasteiger partial charge is 0.303 e. The van der Waals surface area contributed by atoms with E-state index in [2.05, 4.69) is 147 Å². The first-order chi connectivity index (χ1) is 18.8. The number of rotatable bonds is 13. The van der Waals surface area contributed by atoms with Crippen molar-refractivity contribution >= 4 is 28.0 Å². The molecule has 0 N–H and O–H groups in total. The molecule has 4 rings (SSSR count). The van der Waals surface area contributed by atoms with Crippen LogP contribution in [0.2, 0.25) is 0 Å². The Morgan fingerprint density at radius 3 is 0.842 bits per heavy atom. The number of unbranched alkanes of at least 4 members (excludes halogenated alkanes) is 3. The third kappa shape index (κ3) is 7.95. The zero-order valence-electron chi connectivity index (χ0n) is 23.9. The molecule has 38 heavy (non-hydrogen) atoms. The molecule has 0 amide bonds. The Kier molecular flexibility index (Phi) is 12.9. The van der Waals surface area contributed by atoms with Crippen LogP contribution < -0.4 is 21.9 Å². The molecule has 0 radical (unpaired) electrons. The van der Waals surface area contributed by atoms with Crippen molar-refractivity contribution in [1.82, 2.24) is 4.90 Å². The van der Waals surface area contributed by atoms with Gasteiger partial charge in [-0.2, -0.15) is 21.9 Å². The summed E-state index contributed by atoms with van der Waals surface area (Å²) in [7, 11) is 0. The van der Waals surface area contributed by atoms with Crippen molar-refractivity contribution in [2.45, 2.75) is 59.3 Å². The van der Waals surface area contributed by atoms with Crippen LogP contribution in [0, 0.1) is 0 Å². The quantitative estimate of drug-likeness (QED) is 0.182. The van der Waals surface area contributed by atoms with E-state index < -0.39 is 6.15 Å². The molecule has 0 aromatic heterocycles. The van der Waals surface area contributed by atoms with Gasteiger partial charge in [-0.05, 0) is 38.9 Å². The number of hydrogen-bond acceptors (Lipinski definition) is 1. The fourth-order valence-electron chi connectivity index (χ4n) is 5.60. The highest BCUT2D eigenvalue weighted by Gasteiger charge is 2.31. The van der Waals surface area contributed by atoms with E-state index in [1.165, 1.54) is 80.0 Å². The maximum absolute atomic E-state index is 2.64. The van der Waals surface area contributed by atoms with Crippen molar-refractivity contribution in [3.63, 3.8) is 0 Å². The van der Waals surface area contributed by atoms with Crippen LogP contribution >= 0.6 is 0 Å². The molecule has 0 unspecified atom stereocenters. The second kappa shape index (κ2) is 16.7. The summed E-state index contributed by atoms with van der Waals surface area (Å²) in [5.74, 6) is 0. The van der Waals surface area contributed by atoms with Crippen molar-refractivity contribution in [1.29, 1.82) is 0 Å². The summed E-state index contributed by atoms with van der Waals surface area (Å²) in [5.41, 5.74) is 5.36. The molecule has 0 aliphatic rings. The molecular weight excluding hydrogens is 457 g/mol. The number of benzene rings is 4. The number of nitrogens with zero attached hydrogens (tertiary/aromatic N) is 1. The molecule has 4 aromatic rings. The zero-order chi connectivity index (χ0) is 26.9. The third-order valence-corrected chi connectivity index (χ3v) is 7.68. The van der Waals surface area contributed by atoms with Gasteiger partial charge in [-0.25, -0.2) is 0 Å². The van der Waals surface area contributed by atoms with Gasteiger partial charge in [0.05, 0.1) is 0 Å². The standard InChI is InChI=1S/C24H20B.C12H27N/c1-5-13-21(14-6-1)25(22-15-7-2-8-16-22,23-17-9-3-10-18-23)24-19-11-4-12-20-24;1-4-7-10-13(11-8-5-2)12-9-6-3/h1-20H;4-12H2,1-3H3/q-1;. The average molecular weight is 505 g/mol. The summed E-state index contributed by atoms with van der Waals surface area (Å²) >= 11 is 0. The van der Waals surface area contributed by atoms with E-state index in [4.69, 9.17) is 0 Å². The van der Waals surface area contributed by atoms with Crippen LogP contribution in [0.25, 0.3) is 0 Å². The van der Waals surface area contributed by atoms with Crippen LogP contribution in [0.4, 0.5) is 0 Å². The van der Waals surface area contributed by atoms with Gasteiger partial charge in [0.25, 0.3) is 0 Å². The Labute approximate surface area is 232 Å². The molecule has 2 heteroatoms. The molecular formula is C36H47BN-. The molecule has 4 aromatic carbocycles. The highest BCUT2D eigenvalue weighted by molar-refractivity contribution is 7.19. The fourth-order valence-corrected chi connectivity index (χ4v) is 5.60. The van der Waals surface area contributed by atoms with Crippen molar-refractivity contribution < 1.29 is 0 Å². The van der Waals surface area contributed by atoms with Gasteiger partial charge in [-0.15, -0.1) is 0 Å². The van der Waals surface area contributed by atoms with Crippen LogP contribution in [0.1, 0.15) is 59.3 Å². The normalized spacial score (nSPS) is 11.2. The minimum absolute atomic E-state index is 1.22.